The van der Waals surface area contributed by atoms with E-state index in [2.05, 4.69) is 289 Å². The molecule has 0 atom stereocenters. The summed E-state index contributed by atoms with van der Waals surface area (Å²) in [4.78, 5) is 4.86. The van der Waals surface area contributed by atoms with E-state index in [4.69, 9.17) is 0 Å². The Hall–Kier alpha value is -9.32. The highest BCUT2D eigenvalue weighted by Crippen LogP contribution is 2.62. The van der Waals surface area contributed by atoms with Gasteiger partial charge in [0, 0.05) is 74.5 Å². The van der Waals surface area contributed by atoms with Gasteiger partial charge in [-0.25, -0.2) is 0 Å². The normalized spacial score (nSPS) is 12.8. The monoisotopic (exact) mass is 1010 g/mol. The zero-order valence-electron chi connectivity index (χ0n) is 41.8. The summed E-state index contributed by atoms with van der Waals surface area (Å²) in [6.07, 6.45) is 0. The average molecular weight is 1020 g/mol. The molecule has 13 aromatic carbocycles. The minimum Gasteiger partial charge on any atom is -0.310 e. The van der Waals surface area contributed by atoms with E-state index in [-0.39, 0.29) is 0 Å². The Balaban J connectivity index is 0.954. The molecule has 1 aliphatic carbocycles. The second-order valence-corrected chi connectivity index (χ2v) is 22.5. The van der Waals surface area contributed by atoms with Crippen LogP contribution >= 0.6 is 22.7 Å². The van der Waals surface area contributed by atoms with E-state index < -0.39 is 5.41 Å². The maximum atomic E-state index is 2.46. The molecule has 0 spiro atoms. The van der Waals surface area contributed by atoms with Gasteiger partial charge in [0.15, 0.2) is 0 Å². The van der Waals surface area contributed by atoms with Crippen LogP contribution in [0.5, 0.6) is 0 Å². The van der Waals surface area contributed by atoms with Crippen molar-refractivity contribution in [3.63, 3.8) is 0 Å². The molecule has 0 aliphatic heterocycles. The third-order valence-electron chi connectivity index (χ3n) is 16.2. The molecule has 0 unspecified atom stereocenters. The molecule has 2 heterocycles. The van der Waals surface area contributed by atoms with Crippen LogP contribution in [0.4, 0.5) is 34.1 Å². The lowest BCUT2D eigenvalue weighted by Crippen LogP contribution is -2.29. The minimum absolute atomic E-state index is 0.688. The number of benzene rings is 13. The van der Waals surface area contributed by atoms with Crippen molar-refractivity contribution in [1.29, 1.82) is 0 Å². The van der Waals surface area contributed by atoms with E-state index in [1.807, 2.05) is 22.7 Å². The van der Waals surface area contributed by atoms with Gasteiger partial charge in [-0.15, -0.1) is 22.7 Å². The summed E-state index contributed by atoms with van der Waals surface area (Å²) in [5, 5.41) is 12.5. The van der Waals surface area contributed by atoms with Crippen molar-refractivity contribution < 1.29 is 0 Å². The van der Waals surface area contributed by atoms with Crippen LogP contribution < -0.4 is 9.80 Å². The Labute approximate surface area is 454 Å². The van der Waals surface area contributed by atoms with E-state index in [9.17, 15) is 0 Å². The zero-order chi connectivity index (χ0) is 50.6. The molecule has 0 N–H and O–H groups in total. The van der Waals surface area contributed by atoms with Crippen LogP contribution in [0.15, 0.2) is 279 Å². The Morgan fingerprint density at radius 1 is 0.247 bits per heavy atom. The number of fused-ring (bicyclic) bond motifs is 16. The first-order valence-electron chi connectivity index (χ1n) is 26.4. The van der Waals surface area contributed by atoms with Gasteiger partial charge in [0.2, 0.25) is 0 Å². The number of para-hydroxylation sites is 2. The van der Waals surface area contributed by atoms with Crippen molar-refractivity contribution in [3.8, 4) is 11.1 Å². The Kier molecular flexibility index (Phi) is 9.93. The molecule has 0 radical (unpaired) electrons. The first-order chi connectivity index (χ1) is 38.2. The lowest BCUT2D eigenvalue weighted by Gasteiger charge is -2.36. The molecule has 2 aromatic heterocycles. The highest BCUT2D eigenvalue weighted by Gasteiger charge is 2.49. The van der Waals surface area contributed by atoms with Crippen molar-refractivity contribution in [1.82, 2.24) is 0 Å². The van der Waals surface area contributed by atoms with Crippen molar-refractivity contribution in [3.05, 3.63) is 301 Å². The van der Waals surface area contributed by atoms with Gasteiger partial charge in [-0.3, -0.25) is 0 Å². The minimum atomic E-state index is -0.688. The van der Waals surface area contributed by atoms with Crippen LogP contribution in [-0.2, 0) is 5.41 Å². The fourth-order valence-corrected chi connectivity index (χ4v) is 15.2. The fraction of sp³-hybridized carbons (Fsp3) is 0.0137. The molecule has 15 aromatic rings. The molecular weight excluding hydrogens is 969 g/mol. The summed E-state index contributed by atoms with van der Waals surface area (Å²) >= 11 is 3.72. The first kappa shape index (κ1) is 44.0. The third kappa shape index (κ3) is 6.66. The molecule has 0 saturated heterocycles. The van der Waals surface area contributed by atoms with Gasteiger partial charge in [0.1, 0.15) is 0 Å². The predicted octanol–water partition coefficient (Wildman–Crippen LogP) is 21.2. The van der Waals surface area contributed by atoms with Crippen molar-refractivity contribution >= 4 is 129 Å². The van der Waals surface area contributed by atoms with Crippen molar-refractivity contribution in [2.45, 2.75) is 5.41 Å². The molecular formula is C73H46N2S2. The molecule has 2 nitrogen and oxygen atoms in total. The number of nitrogens with zero attached hydrogens (tertiary/aromatic N) is 2. The SMILES string of the molecule is c1ccc(N(c2ccc3c4c(ccc3c2)-c2c(c3ccc(N(c5ccccc5)c5ccc6sc7ccccc7c6c5)cc3c3ccccc23)C4(c2ccccc2)c2ccccc2)c2ccc3sc4ccccc4c3c2)cc1. The van der Waals surface area contributed by atoms with E-state index >= 15 is 0 Å². The molecule has 1 aliphatic rings. The topological polar surface area (TPSA) is 6.48 Å². The fourth-order valence-electron chi connectivity index (χ4n) is 13.1. The van der Waals surface area contributed by atoms with E-state index in [1.54, 1.807) is 0 Å². The summed E-state index contributed by atoms with van der Waals surface area (Å²) < 4.78 is 5.21. The summed E-state index contributed by atoms with van der Waals surface area (Å²) in [6, 6.07) is 104. The predicted molar refractivity (Wildman–Crippen MR) is 331 cm³/mol. The molecule has 0 saturated carbocycles. The summed E-state index contributed by atoms with van der Waals surface area (Å²) in [5.41, 5.74) is 13.7. The highest BCUT2D eigenvalue weighted by molar-refractivity contribution is 7.26. The van der Waals surface area contributed by atoms with Gasteiger partial charge in [-0.1, -0.05) is 182 Å². The molecule has 0 amide bonds. The summed E-state index contributed by atoms with van der Waals surface area (Å²) in [7, 11) is 0. The van der Waals surface area contributed by atoms with Crippen molar-refractivity contribution in [2.24, 2.45) is 0 Å². The number of hydrogen-bond donors (Lipinski definition) is 0. The molecule has 0 fully saturated rings. The molecule has 360 valence electrons. The Morgan fingerprint density at radius 3 is 1.21 bits per heavy atom. The second-order valence-electron chi connectivity index (χ2n) is 20.3. The quantitative estimate of drug-likeness (QED) is 0.140. The zero-order valence-corrected chi connectivity index (χ0v) is 43.4. The Bertz CT molecular complexity index is 4770. The van der Waals surface area contributed by atoms with Crippen LogP contribution in [0.25, 0.3) is 83.8 Å². The van der Waals surface area contributed by atoms with Gasteiger partial charge in [-0.05, 0) is 163 Å². The maximum Gasteiger partial charge on any atom is 0.0725 e. The largest absolute Gasteiger partial charge is 0.310 e. The van der Waals surface area contributed by atoms with Crippen LogP contribution in [0.1, 0.15) is 22.3 Å². The van der Waals surface area contributed by atoms with Crippen molar-refractivity contribution in [2.75, 3.05) is 9.80 Å². The van der Waals surface area contributed by atoms with Gasteiger partial charge >= 0.3 is 0 Å². The standard InChI is InChI=1S/C73H46N2S2/c1-5-19-48(20-6-1)73(49-21-7-2-8-22-49)71-56-39-34-52(74(50-23-9-3-10-24-50)54-36-41-68-64(45-54)58-28-15-17-31-66(58)76-68)43-47(56)33-38-62(71)70-60-30-14-13-27-57(60)63-44-53(35-40-61(63)72(70)73)75(51-25-11-4-12-26-51)55-37-42-69-65(46-55)59-29-16-18-32-67(59)77-69/h1-46H. The average Bonchev–Trinajstić information content (AvgIpc) is 3.70. The van der Waals surface area contributed by atoms with E-state index in [0.29, 0.717) is 0 Å². The van der Waals surface area contributed by atoms with Gasteiger partial charge in [0.05, 0.1) is 5.41 Å². The van der Waals surface area contributed by atoms with E-state index in [1.165, 1.54) is 106 Å². The summed E-state index contributed by atoms with van der Waals surface area (Å²) in [5.74, 6) is 0. The lowest BCUT2D eigenvalue weighted by molar-refractivity contribution is 0.783. The van der Waals surface area contributed by atoms with Gasteiger partial charge < -0.3 is 9.80 Å². The number of hydrogen-bond acceptors (Lipinski definition) is 4. The maximum absolute atomic E-state index is 2.46. The van der Waals surface area contributed by atoms with E-state index in [0.717, 1.165) is 34.1 Å². The van der Waals surface area contributed by atoms with Crippen LogP contribution in [-0.4, -0.2) is 0 Å². The van der Waals surface area contributed by atoms with Crippen LogP contribution in [0.2, 0.25) is 0 Å². The summed E-state index contributed by atoms with van der Waals surface area (Å²) in [6.45, 7) is 0. The number of thiophene rings is 2. The molecule has 4 heteroatoms. The molecule has 77 heavy (non-hydrogen) atoms. The van der Waals surface area contributed by atoms with Crippen LogP contribution in [0, 0.1) is 0 Å². The van der Waals surface area contributed by atoms with Gasteiger partial charge in [0.25, 0.3) is 0 Å². The number of rotatable bonds is 8. The molecule has 16 rings (SSSR count). The highest BCUT2D eigenvalue weighted by atomic mass is 32.1. The lowest BCUT2D eigenvalue weighted by atomic mass is 9.65. The van der Waals surface area contributed by atoms with Crippen LogP contribution in [0.3, 0.4) is 0 Å². The number of anilines is 6. The second kappa shape index (κ2) is 17.4. The smallest absolute Gasteiger partial charge is 0.0725 e. The molecule has 0 bridgehead atoms. The third-order valence-corrected chi connectivity index (χ3v) is 18.5. The van der Waals surface area contributed by atoms with Gasteiger partial charge in [-0.2, -0.15) is 0 Å². The Morgan fingerprint density at radius 2 is 0.662 bits per heavy atom. The first-order valence-corrected chi connectivity index (χ1v) is 28.0.